The third-order valence-corrected chi connectivity index (χ3v) is 3.00. The van der Waals surface area contributed by atoms with Gasteiger partial charge in [0.1, 0.15) is 0 Å². The van der Waals surface area contributed by atoms with Crippen molar-refractivity contribution in [3.05, 3.63) is 0 Å². The van der Waals surface area contributed by atoms with E-state index in [0.717, 1.165) is 12.5 Å². The number of rotatable bonds is 0. The smallest absolute Gasteiger partial charge is 0.0672 e. The fraction of sp³-hybridized carbons (Fsp3) is 0.889. The summed E-state index contributed by atoms with van der Waals surface area (Å²) >= 11 is 0. The summed E-state index contributed by atoms with van der Waals surface area (Å²) in [6, 6.07) is 3.66. The minimum Gasteiger partial charge on any atom is -0.310 e. The molecule has 2 heterocycles. The maximum absolute atomic E-state index is 8.85. The molecule has 2 nitrogen and oxygen atoms in total. The van der Waals surface area contributed by atoms with Crippen LogP contribution in [0.1, 0.15) is 32.1 Å². The molecule has 2 saturated heterocycles. The fourth-order valence-electron chi connectivity index (χ4n) is 2.34. The van der Waals surface area contributed by atoms with E-state index >= 15 is 0 Å². The van der Waals surface area contributed by atoms with Gasteiger partial charge in [-0.1, -0.05) is 6.42 Å². The van der Waals surface area contributed by atoms with Crippen LogP contribution in [0.3, 0.4) is 0 Å². The van der Waals surface area contributed by atoms with Gasteiger partial charge in [0.15, 0.2) is 0 Å². The first-order valence-electron chi connectivity index (χ1n) is 4.56. The number of fused-ring (bicyclic) bond motifs is 2. The highest BCUT2D eigenvalue weighted by atomic mass is 15.0. The minimum absolute atomic E-state index is 0.294. The van der Waals surface area contributed by atoms with Crippen LogP contribution in [0, 0.1) is 17.2 Å². The molecular formula is C9H14N2. The van der Waals surface area contributed by atoms with E-state index in [0.29, 0.717) is 12.0 Å². The topological polar surface area (TPSA) is 35.8 Å². The second kappa shape index (κ2) is 2.83. The zero-order valence-electron chi connectivity index (χ0n) is 6.71. The standard InChI is InChI=1S/C9H14N2/c10-6-7-2-1-3-8-4-5-9(7)11-8/h7-9,11H,1-5H2. The van der Waals surface area contributed by atoms with E-state index in [1.807, 2.05) is 0 Å². The third-order valence-electron chi connectivity index (χ3n) is 3.00. The van der Waals surface area contributed by atoms with E-state index in [1.54, 1.807) is 0 Å². The van der Waals surface area contributed by atoms with Crippen LogP contribution < -0.4 is 5.32 Å². The molecule has 0 radical (unpaired) electrons. The van der Waals surface area contributed by atoms with Gasteiger partial charge in [-0.05, 0) is 25.7 Å². The van der Waals surface area contributed by atoms with Crippen molar-refractivity contribution in [1.29, 1.82) is 5.26 Å². The van der Waals surface area contributed by atoms with E-state index in [2.05, 4.69) is 11.4 Å². The fourth-order valence-corrected chi connectivity index (χ4v) is 2.34. The van der Waals surface area contributed by atoms with Crippen molar-refractivity contribution in [2.75, 3.05) is 0 Å². The largest absolute Gasteiger partial charge is 0.310 e. The van der Waals surface area contributed by atoms with Crippen LogP contribution in [0.25, 0.3) is 0 Å². The first-order chi connectivity index (χ1) is 5.40. The highest BCUT2D eigenvalue weighted by molar-refractivity contribution is 4.99. The van der Waals surface area contributed by atoms with E-state index in [-0.39, 0.29) is 0 Å². The highest BCUT2D eigenvalue weighted by Crippen LogP contribution is 2.29. The van der Waals surface area contributed by atoms with Crippen LogP contribution in [-0.4, -0.2) is 12.1 Å². The molecule has 60 valence electrons. The van der Waals surface area contributed by atoms with Crippen molar-refractivity contribution >= 4 is 0 Å². The van der Waals surface area contributed by atoms with E-state index in [4.69, 9.17) is 5.26 Å². The molecule has 2 rings (SSSR count). The average Bonchev–Trinajstić information content (AvgIpc) is 2.33. The van der Waals surface area contributed by atoms with Crippen molar-refractivity contribution in [3.63, 3.8) is 0 Å². The van der Waals surface area contributed by atoms with Crippen LogP contribution in [0.15, 0.2) is 0 Å². The summed E-state index contributed by atoms with van der Waals surface area (Å²) in [4.78, 5) is 0. The molecule has 2 fully saturated rings. The zero-order chi connectivity index (χ0) is 7.68. The molecule has 0 saturated carbocycles. The molecule has 0 aromatic heterocycles. The van der Waals surface area contributed by atoms with Crippen LogP contribution in [0.4, 0.5) is 0 Å². The van der Waals surface area contributed by atoms with Gasteiger partial charge in [0.05, 0.1) is 12.0 Å². The van der Waals surface area contributed by atoms with E-state index in [1.165, 1.54) is 25.7 Å². The third kappa shape index (κ3) is 1.25. The molecule has 1 N–H and O–H groups in total. The number of nitriles is 1. The first-order valence-corrected chi connectivity index (χ1v) is 4.56. The van der Waals surface area contributed by atoms with Gasteiger partial charge in [-0.15, -0.1) is 0 Å². The van der Waals surface area contributed by atoms with Gasteiger partial charge in [-0.2, -0.15) is 5.26 Å². The predicted molar refractivity (Wildman–Crippen MR) is 42.9 cm³/mol. The molecule has 2 aliphatic heterocycles. The summed E-state index contributed by atoms with van der Waals surface area (Å²) in [5.74, 6) is 0.294. The van der Waals surface area contributed by atoms with Crippen molar-refractivity contribution in [1.82, 2.24) is 5.32 Å². The molecule has 0 amide bonds. The molecule has 0 aromatic rings. The monoisotopic (exact) mass is 150 g/mol. The molecule has 3 atom stereocenters. The summed E-state index contributed by atoms with van der Waals surface area (Å²) in [5.41, 5.74) is 0. The summed E-state index contributed by atoms with van der Waals surface area (Å²) in [5, 5.41) is 12.4. The summed E-state index contributed by atoms with van der Waals surface area (Å²) in [7, 11) is 0. The number of nitrogens with zero attached hydrogens (tertiary/aromatic N) is 1. The molecule has 0 spiro atoms. The molecule has 0 aliphatic carbocycles. The Kier molecular flexibility index (Phi) is 1.83. The Morgan fingerprint density at radius 2 is 2.09 bits per heavy atom. The van der Waals surface area contributed by atoms with Gasteiger partial charge in [-0.3, -0.25) is 0 Å². The lowest BCUT2D eigenvalue weighted by Gasteiger charge is -2.13. The Hall–Kier alpha value is -0.550. The SMILES string of the molecule is N#CC1CCCC2CCC1N2. The van der Waals surface area contributed by atoms with Gasteiger partial charge in [0, 0.05) is 12.1 Å². The first kappa shape index (κ1) is 7.12. The summed E-state index contributed by atoms with van der Waals surface area (Å²) in [6.45, 7) is 0. The Bertz CT molecular complexity index is 182. The normalized spacial score (nSPS) is 43.0. The molecule has 2 heteroatoms. The highest BCUT2D eigenvalue weighted by Gasteiger charge is 2.32. The number of hydrogen-bond acceptors (Lipinski definition) is 2. The van der Waals surface area contributed by atoms with Gasteiger partial charge in [0.25, 0.3) is 0 Å². The Labute approximate surface area is 67.6 Å². The lowest BCUT2D eigenvalue weighted by atomic mass is 9.92. The quantitative estimate of drug-likeness (QED) is 0.567. The van der Waals surface area contributed by atoms with Crippen LogP contribution >= 0.6 is 0 Å². The minimum atomic E-state index is 0.294. The molecule has 0 aromatic carbocycles. The van der Waals surface area contributed by atoms with Crippen molar-refractivity contribution in [2.45, 2.75) is 44.2 Å². The second-order valence-electron chi connectivity index (χ2n) is 3.71. The number of hydrogen-bond donors (Lipinski definition) is 1. The molecule has 3 unspecified atom stereocenters. The predicted octanol–water partition coefficient (Wildman–Crippen LogP) is 1.43. The van der Waals surface area contributed by atoms with Crippen LogP contribution in [0.5, 0.6) is 0 Å². The molecular weight excluding hydrogens is 136 g/mol. The molecule has 2 bridgehead atoms. The maximum atomic E-state index is 8.85. The zero-order valence-corrected chi connectivity index (χ0v) is 6.71. The molecule has 2 aliphatic rings. The van der Waals surface area contributed by atoms with Crippen molar-refractivity contribution in [2.24, 2.45) is 5.92 Å². The van der Waals surface area contributed by atoms with Gasteiger partial charge >= 0.3 is 0 Å². The Balaban J connectivity index is 2.07. The van der Waals surface area contributed by atoms with Gasteiger partial charge in [-0.25, -0.2) is 0 Å². The summed E-state index contributed by atoms with van der Waals surface area (Å²) < 4.78 is 0. The van der Waals surface area contributed by atoms with Crippen molar-refractivity contribution in [3.8, 4) is 6.07 Å². The Morgan fingerprint density at radius 3 is 2.91 bits per heavy atom. The number of nitrogens with one attached hydrogen (secondary N) is 1. The summed E-state index contributed by atoms with van der Waals surface area (Å²) in [6.07, 6.45) is 6.16. The van der Waals surface area contributed by atoms with E-state index < -0.39 is 0 Å². The van der Waals surface area contributed by atoms with Crippen molar-refractivity contribution < 1.29 is 0 Å². The average molecular weight is 150 g/mol. The Morgan fingerprint density at radius 1 is 1.18 bits per heavy atom. The lowest BCUT2D eigenvalue weighted by Crippen LogP contribution is -2.31. The maximum Gasteiger partial charge on any atom is 0.0672 e. The van der Waals surface area contributed by atoms with Crippen LogP contribution in [-0.2, 0) is 0 Å². The second-order valence-corrected chi connectivity index (χ2v) is 3.71. The van der Waals surface area contributed by atoms with Gasteiger partial charge in [0.2, 0.25) is 0 Å². The van der Waals surface area contributed by atoms with Gasteiger partial charge < -0.3 is 5.32 Å². The van der Waals surface area contributed by atoms with Crippen LogP contribution in [0.2, 0.25) is 0 Å². The lowest BCUT2D eigenvalue weighted by molar-refractivity contribution is 0.456. The molecule has 11 heavy (non-hydrogen) atoms. The van der Waals surface area contributed by atoms with E-state index in [9.17, 15) is 0 Å².